The summed E-state index contributed by atoms with van der Waals surface area (Å²) in [5, 5.41) is 8.79. The number of amides is 1. The minimum absolute atomic E-state index is 0.235. The van der Waals surface area contributed by atoms with E-state index in [1.165, 1.54) is 0 Å². The summed E-state index contributed by atoms with van der Waals surface area (Å²) in [5.41, 5.74) is -1.88. The largest absolute Gasteiger partial charge is 0.481 e. The van der Waals surface area contributed by atoms with Gasteiger partial charge in [0.1, 0.15) is 6.54 Å². The third-order valence-electron chi connectivity index (χ3n) is 3.32. The first-order valence-corrected chi connectivity index (χ1v) is 6.21. The Kier molecular flexibility index (Phi) is 4.03. The number of hydrogen-bond acceptors (Lipinski definition) is 2. The molecular weight excluding hydrogens is 332 g/mol. The molecular formula is C13H9F6NO3. The zero-order valence-electron chi connectivity index (χ0n) is 11.2. The first-order chi connectivity index (χ1) is 10.4. The topological polar surface area (TPSA) is 57.6 Å². The summed E-state index contributed by atoms with van der Waals surface area (Å²) in [7, 11) is 0. The Morgan fingerprint density at radius 3 is 2.26 bits per heavy atom. The van der Waals surface area contributed by atoms with Gasteiger partial charge in [0, 0.05) is 5.56 Å². The number of carbonyl (C=O) groups is 2. The normalized spacial score (nSPS) is 18.3. The van der Waals surface area contributed by atoms with Crippen molar-refractivity contribution in [3.05, 3.63) is 34.9 Å². The van der Waals surface area contributed by atoms with Crippen LogP contribution in [0.1, 0.15) is 33.9 Å². The van der Waals surface area contributed by atoms with E-state index in [9.17, 15) is 35.9 Å². The molecule has 1 aliphatic rings. The molecule has 1 aromatic carbocycles. The highest BCUT2D eigenvalue weighted by atomic mass is 19.4. The van der Waals surface area contributed by atoms with E-state index in [2.05, 4.69) is 0 Å². The first-order valence-electron chi connectivity index (χ1n) is 6.21. The standard InChI is InChI=1S/C13H9F6NO3/c14-12(15,16)5-20-9(4-10(21)22)8-3-6(13(17,18)19)1-2-7(8)11(20)23/h1-3,9H,4-5H2,(H,21,22). The summed E-state index contributed by atoms with van der Waals surface area (Å²) in [6.07, 6.45) is -10.5. The third-order valence-corrected chi connectivity index (χ3v) is 3.32. The Morgan fingerprint density at radius 2 is 1.78 bits per heavy atom. The van der Waals surface area contributed by atoms with Crippen molar-refractivity contribution in [3.63, 3.8) is 0 Å². The van der Waals surface area contributed by atoms with Crippen molar-refractivity contribution in [2.45, 2.75) is 24.8 Å². The molecule has 1 amide bonds. The maximum atomic E-state index is 12.7. The highest BCUT2D eigenvalue weighted by Gasteiger charge is 2.45. The number of benzene rings is 1. The molecule has 4 nitrogen and oxygen atoms in total. The number of aliphatic carboxylic acids is 1. The molecule has 0 fully saturated rings. The van der Waals surface area contributed by atoms with E-state index in [1.54, 1.807) is 0 Å². The Labute approximate surface area is 125 Å². The molecule has 0 radical (unpaired) electrons. The summed E-state index contributed by atoms with van der Waals surface area (Å²) in [6, 6.07) is 0.271. The third kappa shape index (κ3) is 3.57. The summed E-state index contributed by atoms with van der Waals surface area (Å²) < 4.78 is 75.8. The summed E-state index contributed by atoms with van der Waals surface area (Å²) in [4.78, 5) is 23.0. The lowest BCUT2D eigenvalue weighted by Gasteiger charge is -2.25. The van der Waals surface area contributed by atoms with E-state index in [0.29, 0.717) is 12.1 Å². The Morgan fingerprint density at radius 1 is 1.17 bits per heavy atom. The highest BCUT2D eigenvalue weighted by molar-refractivity contribution is 5.99. The molecule has 0 spiro atoms. The first kappa shape index (κ1) is 17.1. The van der Waals surface area contributed by atoms with Crippen LogP contribution in [-0.4, -0.2) is 34.6 Å². The number of fused-ring (bicyclic) bond motifs is 1. The molecule has 1 atom stereocenters. The molecule has 23 heavy (non-hydrogen) atoms. The molecule has 1 heterocycles. The van der Waals surface area contributed by atoms with Crippen LogP contribution in [0.2, 0.25) is 0 Å². The van der Waals surface area contributed by atoms with Gasteiger partial charge in [0.2, 0.25) is 0 Å². The minimum Gasteiger partial charge on any atom is -0.481 e. The fourth-order valence-corrected chi connectivity index (χ4v) is 2.43. The van der Waals surface area contributed by atoms with Crippen LogP contribution in [0.3, 0.4) is 0 Å². The smallest absolute Gasteiger partial charge is 0.416 e. The molecule has 2 rings (SSSR count). The fourth-order valence-electron chi connectivity index (χ4n) is 2.43. The average molecular weight is 341 g/mol. The van der Waals surface area contributed by atoms with Gasteiger partial charge in [-0.15, -0.1) is 0 Å². The van der Waals surface area contributed by atoms with Gasteiger partial charge in [-0.3, -0.25) is 9.59 Å². The molecule has 0 bridgehead atoms. The number of nitrogens with zero attached hydrogens (tertiary/aromatic N) is 1. The second kappa shape index (κ2) is 5.43. The molecule has 1 aliphatic heterocycles. The second-order valence-corrected chi connectivity index (χ2v) is 4.96. The van der Waals surface area contributed by atoms with Gasteiger partial charge in [0.25, 0.3) is 5.91 Å². The molecule has 1 unspecified atom stereocenters. The molecule has 0 aromatic heterocycles. The number of alkyl halides is 6. The highest BCUT2D eigenvalue weighted by Crippen LogP contribution is 2.41. The van der Waals surface area contributed by atoms with Crippen molar-refractivity contribution in [1.82, 2.24) is 4.90 Å². The Bertz CT molecular complexity index is 652. The quantitative estimate of drug-likeness (QED) is 0.859. The lowest BCUT2D eigenvalue weighted by molar-refractivity contribution is -0.149. The Hall–Kier alpha value is -2.26. The van der Waals surface area contributed by atoms with Crippen LogP contribution in [0, 0.1) is 0 Å². The molecule has 10 heteroatoms. The maximum absolute atomic E-state index is 12.7. The maximum Gasteiger partial charge on any atom is 0.416 e. The van der Waals surface area contributed by atoms with Crippen LogP contribution in [-0.2, 0) is 11.0 Å². The molecule has 0 saturated carbocycles. The van der Waals surface area contributed by atoms with E-state index in [-0.39, 0.29) is 16.0 Å². The van der Waals surface area contributed by atoms with Gasteiger partial charge in [-0.2, -0.15) is 26.3 Å². The second-order valence-electron chi connectivity index (χ2n) is 4.96. The van der Waals surface area contributed by atoms with Crippen molar-refractivity contribution in [1.29, 1.82) is 0 Å². The van der Waals surface area contributed by atoms with E-state index in [0.717, 1.165) is 6.07 Å². The lowest BCUT2D eigenvalue weighted by Crippen LogP contribution is -2.37. The van der Waals surface area contributed by atoms with Gasteiger partial charge < -0.3 is 10.0 Å². The zero-order chi connectivity index (χ0) is 17.6. The van der Waals surface area contributed by atoms with Crippen LogP contribution in [0.25, 0.3) is 0 Å². The van der Waals surface area contributed by atoms with Crippen LogP contribution < -0.4 is 0 Å². The molecule has 0 saturated heterocycles. The van der Waals surface area contributed by atoms with Gasteiger partial charge in [0.05, 0.1) is 18.0 Å². The molecule has 1 N–H and O–H groups in total. The molecule has 126 valence electrons. The zero-order valence-corrected chi connectivity index (χ0v) is 11.2. The van der Waals surface area contributed by atoms with Crippen LogP contribution in [0.4, 0.5) is 26.3 Å². The number of carbonyl (C=O) groups excluding carboxylic acids is 1. The van der Waals surface area contributed by atoms with Gasteiger partial charge in [-0.1, -0.05) is 0 Å². The Balaban J connectivity index is 2.50. The van der Waals surface area contributed by atoms with Gasteiger partial charge >= 0.3 is 18.3 Å². The van der Waals surface area contributed by atoms with Crippen LogP contribution >= 0.6 is 0 Å². The number of hydrogen-bond donors (Lipinski definition) is 1. The van der Waals surface area contributed by atoms with Gasteiger partial charge in [0.15, 0.2) is 0 Å². The van der Waals surface area contributed by atoms with Crippen molar-refractivity contribution >= 4 is 11.9 Å². The van der Waals surface area contributed by atoms with E-state index in [4.69, 9.17) is 5.11 Å². The summed E-state index contributed by atoms with van der Waals surface area (Å²) in [6.45, 7) is -1.74. The van der Waals surface area contributed by atoms with Crippen molar-refractivity contribution in [3.8, 4) is 0 Å². The fraction of sp³-hybridized carbons (Fsp3) is 0.385. The van der Waals surface area contributed by atoms with Crippen molar-refractivity contribution < 1.29 is 41.0 Å². The number of carboxylic acid groups (broad SMARTS) is 1. The van der Waals surface area contributed by atoms with E-state index >= 15 is 0 Å². The predicted molar refractivity (Wildman–Crippen MR) is 63.5 cm³/mol. The van der Waals surface area contributed by atoms with Crippen LogP contribution in [0.5, 0.6) is 0 Å². The van der Waals surface area contributed by atoms with Gasteiger partial charge in [-0.05, 0) is 23.8 Å². The molecule has 0 aliphatic carbocycles. The monoisotopic (exact) mass is 341 g/mol. The molecule has 1 aromatic rings. The van der Waals surface area contributed by atoms with Crippen molar-refractivity contribution in [2.24, 2.45) is 0 Å². The number of halogens is 6. The summed E-state index contributed by atoms with van der Waals surface area (Å²) >= 11 is 0. The number of carboxylic acids is 1. The van der Waals surface area contributed by atoms with Crippen molar-refractivity contribution in [2.75, 3.05) is 6.54 Å². The van der Waals surface area contributed by atoms with Gasteiger partial charge in [-0.25, -0.2) is 0 Å². The average Bonchev–Trinajstić information content (AvgIpc) is 2.61. The minimum atomic E-state index is -4.80. The summed E-state index contributed by atoms with van der Waals surface area (Å²) in [5.74, 6) is -2.67. The van der Waals surface area contributed by atoms with E-state index < -0.39 is 48.8 Å². The number of rotatable bonds is 3. The lowest BCUT2D eigenvalue weighted by atomic mass is 9.99. The van der Waals surface area contributed by atoms with Crippen LogP contribution in [0.15, 0.2) is 18.2 Å². The van der Waals surface area contributed by atoms with E-state index in [1.807, 2.05) is 0 Å². The predicted octanol–water partition coefficient (Wildman–Crippen LogP) is 3.24. The SMILES string of the molecule is O=C(O)CC1c2cc(C(F)(F)F)ccc2C(=O)N1CC(F)(F)F.